The van der Waals surface area contributed by atoms with Crippen LogP contribution in [0, 0.1) is 0 Å². The molecule has 1 aromatic rings. The summed E-state index contributed by atoms with van der Waals surface area (Å²) < 4.78 is 20.7. The molecular weight excluding hydrogens is 76.1 g/mol. The number of nitrogens with zero attached hydrogens (tertiary/aromatic N) is 2. The lowest BCUT2D eigenvalue weighted by Gasteiger charge is -1.70. The molecular formula is C4H4N2. The Balaban J connectivity index is 3.25. The van der Waals surface area contributed by atoms with Crippen LogP contribution in [0.15, 0.2) is 24.7 Å². The monoisotopic (exact) mass is 83.1 g/mol. The summed E-state index contributed by atoms with van der Waals surface area (Å²) in [6.45, 7) is 0. The van der Waals surface area contributed by atoms with E-state index in [1.54, 1.807) is 0 Å². The fourth-order valence-corrected chi connectivity index (χ4v) is 0.176. The van der Waals surface area contributed by atoms with Gasteiger partial charge in [-0.3, -0.25) is 0 Å². The topological polar surface area (TPSA) is 25.8 Å². The first-order valence-corrected chi connectivity index (χ1v) is 1.46. The molecule has 0 saturated heterocycles. The highest BCUT2D eigenvalue weighted by Crippen LogP contribution is 1.66. The second-order valence-electron chi connectivity index (χ2n) is 0.722. The molecule has 0 spiro atoms. The van der Waals surface area contributed by atoms with Gasteiger partial charge in [0, 0.05) is 12.3 Å². The number of hydrogen-bond donors (Lipinski definition) is 0. The van der Waals surface area contributed by atoms with Crippen molar-refractivity contribution >= 4 is 0 Å². The summed E-state index contributed by atoms with van der Waals surface area (Å²) in [5.41, 5.74) is 0. The van der Waals surface area contributed by atoms with Gasteiger partial charge in [-0.15, -0.1) is 0 Å². The van der Waals surface area contributed by atoms with Crippen LogP contribution in [0.25, 0.3) is 0 Å². The Kier molecular flexibility index (Phi) is 0.324. The van der Waals surface area contributed by atoms with Crippen LogP contribution in [-0.2, 0) is 0 Å². The van der Waals surface area contributed by atoms with E-state index in [0.29, 0.717) is 0 Å². The maximum Gasteiger partial charge on any atom is 0.115 e. The van der Waals surface area contributed by atoms with Crippen LogP contribution in [0.5, 0.6) is 0 Å². The first-order valence-electron chi connectivity index (χ1n) is 2.96. The fraction of sp³-hybridized carbons (Fsp3) is 0. The zero-order valence-corrected chi connectivity index (χ0v) is 2.97. The van der Waals surface area contributed by atoms with E-state index in [2.05, 4.69) is 9.97 Å². The molecule has 1 rings (SSSR count). The Morgan fingerprint density at radius 1 is 1.33 bits per heavy atom. The molecule has 0 aliphatic carbocycles. The highest BCUT2D eigenvalue weighted by molar-refractivity contribution is 4.74. The van der Waals surface area contributed by atoms with E-state index < -0.39 is 0 Å². The molecule has 0 radical (unpaired) electrons. The van der Waals surface area contributed by atoms with Crippen molar-refractivity contribution in [1.29, 1.82) is 0 Å². The second-order valence-corrected chi connectivity index (χ2v) is 0.722. The molecule has 0 amide bonds. The normalized spacial score (nSPS) is 15.0. The predicted octanol–water partition coefficient (Wildman–Crippen LogP) is 0.477. The first-order chi connectivity index (χ1) is 4.22. The average molecular weight is 83.1 g/mol. The van der Waals surface area contributed by atoms with Crippen LogP contribution in [0.1, 0.15) is 4.11 Å². The van der Waals surface area contributed by atoms with Crippen LogP contribution in [0.2, 0.25) is 0 Å². The van der Waals surface area contributed by atoms with Crippen LogP contribution >= 0.6 is 0 Å². The lowest BCUT2D eigenvalue weighted by molar-refractivity contribution is 1.17. The largest absolute Gasteiger partial charge is 0.245 e. The summed E-state index contributed by atoms with van der Waals surface area (Å²) in [5.74, 6) is 0. The summed E-state index contributed by atoms with van der Waals surface area (Å²) in [6.07, 6.45) is 0.702. The van der Waals surface area contributed by atoms with E-state index in [-0.39, 0.29) is 18.4 Å². The maximum atomic E-state index is 6.94. The minimum atomic E-state index is -0.225. The van der Waals surface area contributed by atoms with Crippen molar-refractivity contribution in [3.05, 3.63) is 24.7 Å². The van der Waals surface area contributed by atoms with E-state index in [1.807, 2.05) is 0 Å². The van der Waals surface area contributed by atoms with E-state index in [4.69, 9.17) is 4.11 Å². The zero-order valence-electron chi connectivity index (χ0n) is 5.97. The summed E-state index contributed by atoms with van der Waals surface area (Å²) >= 11 is 0. The highest BCUT2D eigenvalue weighted by Gasteiger charge is 1.59. The van der Waals surface area contributed by atoms with Crippen molar-refractivity contribution in [3.8, 4) is 0 Å². The molecule has 0 saturated carbocycles. The first kappa shape index (κ1) is 1.30. The van der Waals surface area contributed by atoms with Crippen LogP contribution in [-0.4, -0.2) is 9.97 Å². The molecule has 2 nitrogen and oxygen atoms in total. The molecule has 0 bridgehead atoms. The Morgan fingerprint density at radius 3 is 2.50 bits per heavy atom. The summed E-state index contributed by atoms with van der Waals surface area (Å²) in [7, 11) is 0. The molecule has 2 heteroatoms. The van der Waals surface area contributed by atoms with Crippen molar-refractivity contribution in [3.63, 3.8) is 0 Å². The van der Waals surface area contributed by atoms with Crippen molar-refractivity contribution in [2.24, 2.45) is 0 Å². The van der Waals surface area contributed by atoms with E-state index >= 15 is 0 Å². The van der Waals surface area contributed by atoms with Gasteiger partial charge in [0.2, 0.25) is 0 Å². The molecule has 1 aromatic heterocycles. The van der Waals surface area contributed by atoms with E-state index in [1.165, 1.54) is 0 Å². The lowest BCUT2D eigenvalue weighted by atomic mass is 10.7. The highest BCUT2D eigenvalue weighted by atomic mass is 14.8. The van der Waals surface area contributed by atoms with E-state index in [9.17, 15) is 0 Å². The van der Waals surface area contributed by atoms with Crippen molar-refractivity contribution in [1.82, 2.24) is 9.97 Å². The Bertz CT molecular complexity index is 205. The number of rotatable bonds is 0. The molecule has 0 aromatic carbocycles. The SMILES string of the molecule is [2H]c1ncnc([2H])c1[2H]. The Hall–Kier alpha value is -0.920. The van der Waals surface area contributed by atoms with Gasteiger partial charge in [-0.1, -0.05) is 0 Å². The predicted molar refractivity (Wildman–Crippen MR) is 22.0 cm³/mol. The van der Waals surface area contributed by atoms with Crippen molar-refractivity contribution in [2.75, 3.05) is 0 Å². The molecule has 0 N–H and O–H groups in total. The van der Waals surface area contributed by atoms with E-state index in [0.717, 1.165) is 6.33 Å². The van der Waals surface area contributed by atoms with Crippen LogP contribution < -0.4 is 0 Å². The third-order valence-corrected chi connectivity index (χ3v) is 0.356. The molecule has 30 valence electrons. The van der Waals surface area contributed by atoms with Gasteiger partial charge in [-0.2, -0.15) is 0 Å². The summed E-state index contributed by atoms with van der Waals surface area (Å²) in [4.78, 5) is 6.78. The van der Waals surface area contributed by atoms with Crippen molar-refractivity contribution < 1.29 is 4.11 Å². The van der Waals surface area contributed by atoms with Gasteiger partial charge in [0.1, 0.15) is 6.33 Å². The zero-order chi connectivity index (χ0) is 6.85. The molecule has 0 aliphatic rings. The third-order valence-electron chi connectivity index (χ3n) is 0.356. The molecule has 0 unspecified atom stereocenters. The van der Waals surface area contributed by atoms with Gasteiger partial charge in [-0.05, 0) is 6.04 Å². The van der Waals surface area contributed by atoms with Gasteiger partial charge in [0.15, 0.2) is 0 Å². The van der Waals surface area contributed by atoms with Gasteiger partial charge < -0.3 is 0 Å². The van der Waals surface area contributed by atoms with Gasteiger partial charge in [0.05, 0.1) is 4.11 Å². The Morgan fingerprint density at radius 2 is 2.00 bits per heavy atom. The van der Waals surface area contributed by atoms with Crippen molar-refractivity contribution in [2.45, 2.75) is 0 Å². The minimum absolute atomic E-state index is 0.199. The number of hydrogen-bond acceptors (Lipinski definition) is 2. The molecule has 6 heavy (non-hydrogen) atoms. The molecule has 0 atom stereocenters. The fourth-order valence-electron chi connectivity index (χ4n) is 0.176. The smallest absolute Gasteiger partial charge is 0.115 e. The standard InChI is InChI=1S/C4H4N2/c1-2-5-4-6-3-1/h1-4H/i1D,2D,3D. The Labute approximate surface area is 40.1 Å². The van der Waals surface area contributed by atoms with Crippen LogP contribution in [0.3, 0.4) is 0 Å². The number of aromatic nitrogens is 2. The lowest BCUT2D eigenvalue weighted by Crippen LogP contribution is -1.66. The third kappa shape index (κ3) is 0.516. The summed E-state index contributed by atoms with van der Waals surface area (Å²) in [6, 6.07) is -0.225. The molecule has 0 aliphatic heterocycles. The second kappa shape index (κ2) is 1.50. The molecule has 1 heterocycles. The van der Waals surface area contributed by atoms with Gasteiger partial charge in [0.25, 0.3) is 0 Å². The van der Waals surface area contributed by atoms with Crippen LogP contribution in [0.4, 0.5) is 0 Å². The van der Waals surface area contributed by atoms with Gasteiger partial charge in [-0.25, -0.2) is 9.97 Å². The summed E-state index contributed by atoms with van der Waals surface area (Å²) in [5, 5.41) is 0. The minimum Gasteiger partial charge on any atom is -0.245 e. The molecule has 0 fully saturated rings. The average Bonchev–Trinajstić information content (AvgIpc) is 1.83. The van der Waals surface area contributed by atoms with Gasteiger partial charge >= 0.3 is 0 Å². The maximum absolute atomic E-state index is 6.94. The quantitative estimate of drug-likeness (QED) is 0.456.